The highest BCUT2D eigenvalue weighted by Crippen LogP contribution is 2.39. The van der Waals surface area contributed by atoms with Gasteiger partial charge < -0.3 is 9.64 Å². The number of rotatable bonds is 6. The fourth-order valence-electron chi connectivity index (χ4n) is 5.19. The fraction of sp³-hybridized carbons (Fsp3) is 0.423. The van der Waals surface area contributed by atoms with Gasteiger partial charge in [-0.1, -0.05) is 0 Å². The maximum absolute atomic E-state index is 14.4. The van der Waals surface area contributed by atoms with E-state index < -0.39 is 32.2 Å². The lowest BCUT2D eigenvalue weighted by molar-refractivity contribution is 0.0362. The van der Waals surface area contributed by atoms with Crippen molar-refractivity contribution in [2.24, 2.45) is 0 Å². The molecule has 0 N–H and O–H groups in total. The van der Waals surface area contributed by atoms with Gasteiger partial charge in [-0.15, -0.1) is 0 Å². The van der Waals surface area contributed by atoms with Crippen molar-refractivity contribution in [1.82, 2.24) is 9.88 Å². The molecule has 0 aliphatic carbocycles. The van der Waals surface area contributed by atoms with Crippen LogP contribution in [0.2, 0.25) is 0 Å². The van der Waals surface area contributed by atoms with E-state index in [9.17, 15) is 21.6 Å². The van der Waals surface area contributed by atoms with Crippen molar-refractivity contribution >= 4 is 26.4 Å². The smallest absolute Gasteiger partial charge is 0.210 e. The normalized spacial score (nSPS) is 19.6. The first kappa shape index (κ1) is 25.0. The number of ether oxygens (including phenoxy) is 1. The highest BCUT2D eigenvalue weighted by atomic mass is 32.2. The molecule has 0 amide bonds. The Hall–Kier alpha value is -2.69. The molecule has 1 atom stereocenters. The fourth-order valence-corrected chi connectivity index (χ4v) is 6.65. The van der Waals surface area contributed by atoms with E-state index in [0.29, 0.717) is 42.4 Å². The Bertz CT molecular complexity index is 1340. The molecule has 1 unspecified atom stereocenters. The Morgan fingerprint density at radius 3 is 2.44 bits per heavy atom. The molecule has 2 aromatic carbocycles. The summed E-state index contributed by atoms with van der Waals surface area (Å²) in [5.74, 6) is -2.49. The topological polar surface area (TPSA) is 62.7 Å². The highest BCUT2D eigenvalue weighted by molar-refractivity contribution is 7.91. The lowest BCUT2D eigenvalue weighted by Gasteiger charge is -2.40. The van der Waals surface area contributed by atoms with E-state index in [4.69, 9.17) is 4.74 Å². The predicted octanol–water partition coefficient (Wildman–Crippen LogP) is 4.57. The van der Waals surface area contributed by atoms with Crippen LogP contribution in [-0.2, 0) is 14.6 Å². The Labute approximate surface area is 208 Å². The third-order valence-electron chi connectivity index (χ3n) is 7.00. The van der Waals surface area contributed by atoms with Crippen LogP contribution in [0.5, 0.6) is 0 Å². The minimum atomic E-state index is -4.36. The zero-order valence-electron chi connectivity index (χ0n) is 19.8. The molecule has 2 saturated heterocycles. The van der Waals surface area contributed by atoms with Crippen LogP contribution in [0.15, 0.2) is 52.4 Å². The molecule has 0 radical (unpaired) electrons. The molecule has 3 heterocycles. The lowest BCUT2D eigenvalue weighted by Crippen LogP contribution is -2.44. The number of hydrogen-bond acceptors (Lipinski definition) is 6. The van der Waals surface area contributed by atoms with Crippen LogP contribution in [0.25, 0.3) is 10.9 Å². The summed E-state index contributed by atoms with van der Waals surface area (Å²) >= 11 is 0. The van der Waals surface area contributed by atoms with E-state index in [1.165, 1.54) is 24.4 Å². The number of nitrogens with zero attached hydrogens (tertiary/aromatic N) is 3. The van der Waals surface area contributed by atoms with E-state index in [1.807, 2.05) is 4.90 Å². The molecule has 5 rings (SSSR count). The van der Waals surface area contributed by atoms with Gasteiger partial charge >= 0.3 is 0 Å². The van der Waals surface area contributed by atoms with Crippen LogP contribution in [0.3, 0.4) is 0 Å². The second kappa shape index (κ2) is 10.4. The second-order valence-electron chi connectivity index (χ2n) is 9.33. The van der Waals surface area contributed by atoms with Crippen molar-refractivity contribution in [3.63, 3.8) is 0 Å². The van der Waals surface area contributed by atoms with Crippen molar-refractivity contribution in [2.45, 2.75) is 41.5 Å². The van der Waals surface area contributed by atoms with Gasteiger partial charge in [0.05, 0.1) is 29.3 Å². The van der Waals surface area contributed by atoms with E-state index in [2.05, 4.69) is 9.88 Å². The minimum Gasteiger partial charge on any atom is -0.379 e. The van der Waals surface area contributed by atoms with Crippen LogP contribution >= 0.6 is 0 Å². The van der Waals surface area contributed by atoms with Crippen molar-refractivity contribution in [3.8, 4) is 0 Å². The van der Waals surface area contributed by atoms with E-state index in [1.54, 1.807) is 0 Å². The Morgan fingerprint density at radius 2 is 1.69 bits per heavy atom. The van der Waals surface area contributed by atoms with Gasteiger partial charge in [-0.05, 0) is 56.0 Å². The molecular formula is C26H28F3N3O3S. The second-order valence-corrected chi connectivity index (χ2v) is 11.2. The number of piperidine rings is 1. The number of fused-ring (bicyclic) bond motifs is 1. The predicted molar refractivity (Wildman–Crippen MR) is 130 cm³/mol. The van der Waals surface area contributed by atoms with Gasteiger partial charge in [-0.25, -0.2) is 21.6 Å². The molecule has 36 heavy (non-hydrogen) atoms. The molecule has 1 aromatic heterocycles. The molecule has 0 saturated carbocycles. The first-order valence-electron chi connectivity index (χ1n) is 12.2. The number of halogens is 3. The molecule has 2 aliphatic heterocycles. The molecule has 192 valence electrons. The number of morpholine rings is 1. The van der Waals surface area contributed by atoms with Crippen molar-refractivity contribution in [1.29, 1.82) is 0 Å². The summed E-state index contributed by atoms with van der Waals surface area (Å²) in [5.41, 5.74) is 0.795. The van der Waals surface area contributed by atoms with Gasteiger partial charge in [0.15, 0.2) is 0 Å². The van der Waals surface area contributed by atoms with E-state index >= 15 is 0 Å². The molecule has 0 spiro atoms. The number of hydrogen-bond donors (Lipinski definition) is 0. The zero-order chi connectivity index (χ0) is 25.3. The number of sulfone groups is 1. The van der Waals surface area contributed by atoms with E-state index in [-0.39, 0.29) is 10.9 Å². The Kier molecular flexibility index (Phi) is 7.18. The van der Waals surface area contributed by atoms with Gasteiger partial charge in [-0.3, -0.25) is 9.88 Å². The third-order valence-corrected chi connectivity index (χ3v) is 8.73. The van der Waals surface area contributed by atoms with Gasteiger partial charge in [0, 0.05) is 49.9 Å². The average molecular weight is 520 g/mol. The van der Waals surface area contributed by atoms with E-state index in [0.717, 1.165) is 57.5 Å². The maximum Gasteiger partial charge on any atom is 0.210 e. The molecule has 10 heteroatoms. The lowest BCUT2D eigenvalue weighted by atomic mass is 9.97. The number of anilines is 1. The third kappa shape index (κ3) is 5.07. The van der Waals surface area contributed by atoms with Crippen LogP contribution in [-0.4, -0.2) is 63.7 Å². The largest absolute Gasteiger partial charge is 0.379 e. The SMILES string of the molecule is O=S(=O)(c1cc(F)cc(F)c1)c1cnc2ccc(F)cc2c1N1CCCCC1CCN1CCOCC1. The molecule has 2 fully saturated rings. The quantitative estimate of drug-likeness (QED) is 0.476. The van der Waals surface area contributed by atoms with Crippen LogP contribution in [0.4, 0.5) is 18.9 Å². The van der Waals surface area contributed by atoms with Gasteiger partial charge in [0.1, 0.15) is 22.3 Å². The first-order valence-corrected chi connectivity index (χ1v) is 13.7. The standard InChI is InChI=1S/C26H28F3N3O3S/c27-18-4-5-24-23(16-18)26(25(17-30-24)36(33,34)22-14-19(28)13-20(29)15-22)32-7-2-1-3-21(32)6-8-31-9-11-35-12-10-31/h4-5,13-17,21H,1-3,6-12H2. The molecule has 2 aliphatic rings. The number of benzene rings is 2. The van der Waals surface area contributed by atoms with Crippen LogP contribution in [0, 0.1) is 17.5 Å². The van der Waals surface area contributed by atoms with Gasteiger partial charge in [0.2, 0.25) is 9.84 Å². The van der Waals surface area contributed by atoms with Gasteiger partial charge in [0.25, 0.3) is 0 Å². The van der Waals surface area contributed by atoms with Crippen molar-refractivity contribution < 1.29 is 26.3 Å². The van der Waals surface area contributed by atoms with Crippen molar-refractivity contribution in [3.05, 3.63) is 60.0 Å². The zero-order valence-corrected chi connectivity index (χ0v) is 20.6. The van der Waals surface area contributed by atoms with Crippen LogP contribution < -0.4 is 4.90 Å². The molecular weight excluding hydrogens is 491 g/mol. The summed E-state index contributed by atoms with van der Waals surface area (Å²) in [5, 5.41) is 0.367. The summed E-state index contributed by atoms with van der Waals surface area (Å²) in [4.78, 5) is 7.97. The van der Waals surface area contributed by atoms with Gasteiger partial charge in [-0.2, -0.15) is 0 Å². The Balaban J connectivity index is 1.61. The summed E-state index contributed by atoms with van der Waals surface area (Å²) in [6.07, 6.45) is 4.73. The summed E-state index contributed by atoms with van der Waals surface area (Å²) in [6, 6.07) is 6.32. The summed E-state index contributed by atoms with van der Waals surface area (Å²) < 4.78 is 75.3. The Morgan fingerprint density at radius 1 is 0.944 bits per heavy atom. The summed E-state index contributed by atoms with van der Waals surface area (Å²) in [7, 11) is -4.36. The minimum absolute atomic E-state index is 0.0219. The molecule has 6 nitrogen and oxygen atoms in total. The van der Waals surface area contributed by atoms with Crippen LogP contribution in [0.1, 0.15) is 25.7 Å². The monoisotopic (exact) mass is 519 g/mol. The molecule has 0 bridgehead atoms. The molecule has 3 aromatic rings. The first-order chi connectivity index (χ1) is 17.3. The average Bonchev–Trinajstić information content (AvgIpc) is 2.87. The number of aromatic nitrogens is 1. The summed E-state index contributed by atoms with van der Waals surface area (Å²) in [6.45, 7) is 4.49. The highest BCUT2D eigenvalue weighted by Gasteiger charge is 2.32. The number of pyridine rings is 1. The maximum atomic E-state index is 14.4. The van der Waals surface area contributed by atoms with Crippen molar-refractivity contribution in [2.75, 3.05) is 44.3 Å².